The van der Waals surface area contributed by atoms with E-state index in [0.717, 1.165) is 48.3 Å². The molecule has 0 amide bonds. The minimum absolute atomic E-state index is 0.00422. The van der Waals surface area contributed by atoms with Crippen LogP contribution in [0, 0.1) is 29.6 Å². The Hall–Kier alpha value is -1.09. The first-order chi connectivity index (χ1) is 14.6. The zero-order valence-electron chi connectivity index (χ0n) is 18.8. The van der Waals surface area contributed by atoms with Gasteiger partial charge in [-0.15, -0.1) is 0 Å². The van der Waals surface area contributed by atoms with Crippen molar-refractivity contribution in [2.45, 2.75) is 95.9 Å². The largest absolute Gasteiger partial charge is 0.426 e. The lowest BCUT2D eigenvalue weighted by Gasteiger charge is -2.37. The van der Waals surface area contributed by atoms with E-state index in [1.54, 1.807) is 0 Å². The third kappa shape index (κ3) is 5.58. The molecule has 1 aromatic carbocycles. The molecule has 3 aliphatic carbocycles. The molecule has 0 spiro atoms. The van der Waals surface area contributed by atoms with Gasteiger partial charge in [0.15, 0.2) is 0 Å². The number of carbonyl (C=O) groups is 1. The summed E-state index contributed by atoms with van der Waals surface area (Å²) in [4.78, 5) is 12.7. The molecule has 0 bridgehead atoms. The maximum atomic E-state index is 12.7. The molecule has 0 heterocycles. The van der Waals surface area contributed by atoms with Gasteiger partial charge in [-0.1, -0.05) is 50.8 Å². The van der Waals surface area contributed by atoms with E-state index in [1.807, 2.05) is 12.1 Å². The van der Waals surface area contributed by atoms with Crippen LogP contribution in [0.25, 0.3) is 0 Å². The fraction of sp³-hybridized carbons (Fsp3) is 0.741. The second kappa shape index (κ2) is 10.5. The normalized spacial score (nSPS) is 35.0. The van der Waals surface area contributed by atoms with Crippen LogP contribution in [0.2, 0.25) is 6.04 Å². The highest BCUT2D eigenvalue weighted by Crippen LogP contribution is 2.42. The average molecular weight is 424 g/mol. The van der Waals surface area contributed by atoms with E-state index in [1.165, 1.54) is 69.8 Å². The van der Waals surface area contributed by atoms with Crippen LogP contribution in [-0.2, 0) is 4.79 Å². The molecule has 4 rings (SSSR count). The minimum Gasteiger partial charge on any atom is -0.426 e. The lowest BCUT2D eigenvalue weighted by molar-refractivity contribution is -0.140. The number of benzene rings is 1. The highest BCUT2D eigenvalue weighted by molar-refractivity contribution is 6.08. The van der Waals surface area contributed by atoms with Gasteiger partial charge in [0.25, 0.3) is 0 Å². The molecule has 3 fully saturated rings. The quantitative estimate of drug-likeness (QED) is 0.287. The van der Waals surface area contributed by atoms with Crippen molar-refractivity contribution in [3.05, 3.63) is 29.8 Å². The topological polar surface area (TPSA) is 26.3 Å². The van der Waals surface area contributed by atoms with Gasteiger partial charge in [0.2, 0.25) is 0 Å². The summed E-state index contributed by atoms with van der Waals surface area (Å²) in [6.45, 7) is 2.36. The molecule has 30 heavy (non-hydrogen) atoms. The number of ether oxygens (including phenoxy) is 1. The summed E-state index contributed by atoms with van der Waals surface area (Å²) in [6.07, 6.45) is 15.2. The van der Waals surface area contributed by atoms with Crippen molar-refractivity contribution in [3.8, 4) is 5.75 Å². The standard InChI is InChI=1S/C27H39O2Si/c1-19-2-6-21(7-3-19)24-14-16-26(17-15-24)29-27(28)25-12-10-23(11-13-25)22-8-4-20(18-30)5-9-22/h14-17,19-23,25H,2-13,18H2,1H3. The van der Waals surface area contributed by atoms with Crippen molar-refractivity contribution < 1.29 is 9.53 Å². The van der Waals surface area contributed by atoms with Gasteiger partial charge in [-0.25, -0.2) is 0 Å². The van der Waals surface area contributed by atoms with Gasteiger partial charge in [0.1, 0.15) is 5.75 Å². The van der Waals surface area contributed by atoms with E-state index in [4.69, 9.17) is 4.74 Å². The summed E-state index contributed by atoms with van der Waals surface area (Å²) in [5.41, 5.74) is 1.41. The number of esters is 1. The van der Waals surface area contributed by atoms with Crippen LogP contribution in [0.4, 0.5) is 0 Å². The van der Waals surface area contributed by atoms with Crippen molar-refractivity contribution in [3.63, 3.8) is 0 Å². The van der Waals surface area contributed by atoms with Crippen LogP contribution in [0.5, 0.6) is 5.75 Å². The molecule has 0 aliphatic heterocycles. The summed E-state index contributed by atoms with van der Waals surface area (Å²) >= 11 is 0. The maximum absolute atomic E-state index is 12.7. The van der Waals surface area contributed by atoms with E-state index in [9.17, 15) is 4.79 Å². The Morgan fingerprint density at radius 3 is 1.97 bits per heavy atom. The predicted octanol–water partition coefficient (Wildman–Crippen LogP) is 7.09. The van der Waals surface area contributed by atoms with E-state index < -0.39 is 0 Å². The molecule has 2 nitrogen and oxygen atoms in total. The predicted molar refractivity (Wildman–Crippen MR) is 124 cm³/mol. The molecule has 3 heteroatoms. The van der Waals surface area contributed by atoms with Crippen LogP contribution in [0.3, 0.4) is 0 Å². The summed E-state index contributed by atoms with van der Waals surface area (Å²) in [5, 5.41) is 0. The first kappa shape index (κ1) is 22.1. The number of hydrogen-bond donors (Lipinski definition) is 0. The Kier molecular flexibility index (Phi) is 7.73. The van der Waals surface area contributed by atoms with Gasteiger partial charge in [-0.05, 0) is 98.7 Å². The molecule has 0 unspecified atom stereocenters. The molecule has 1 aromatic rings. The molecule has 3 radical (unpaired) electrons. The van der Waals surface area contributed by atoms with E-state index in [2.05, 4.69) is 29.3 Å². The number of rotatable bonds is 5. The van der Waals surface area contributed by atoms with E-state index >= 15 is 0 Å². The Morgan fingerprint density at radius 2 is 1.40 bits per heavy atom. The Morgan fingerprint density at radius 1 is 0.833 bits per heavy atom. The second-order valence-corrected chi connectivity index (χ2v) is 11.0. The smallest absolute Gasteiger partial charge is 0.314 e. The molecule has 163 valence electrons. The van der Waals surface area contributed by atoms with Gasteiger partial charge in [-0.2, -0.15) is 0 Å². The van der Waals surface area contributed by atoms with Crippen molar-refractivity contribution in [1.82, 2.24) is 0 Å². The monoisotopic (exact) mass is 423 g/mol. The summed E-state index contributed by atoms with van der Waals surface area (Å²) in [6, 6.07) is 9.55. The Bertz CT molecular complexity index is 661. The molecule has 3 saturated carbocycles. The van der Waals surface area contributed by atoms with E-state index in [0.29, 0.717) is 5.92 Å². The second-order valence-electron chi connectivity index (χ2n) is 10.5. The first-order valence-electron chi connectivity index (χ1n) is 12.6. The minimum atomic E-state index is -0.00422. The van der Waals surface area contributed by atoms with Crippen LogP contribution >= 0.6 is 0 Å². The average Bonchev–Trinajstić information content (AvgIpc) is 2.80. The third-order valence-electron chi connectivity index (χ3n) is 8.54. The van der Waals surface area contributed by atoms with Crippen molar-refractivity contribution in [2.75, 3.05) is 0 Å². The van der Waals surface area contributed by atoms with Crippen LogP contribution in [-0.4, -0.2) is 16.2 Å². The zero-order valence-corrected chi connectivity index (χ0v) is 19.8. The van der Waals surface area contributed by atoms with Gasteiger partial charge >= 0.3 is 5.97 Å². The summed E-state index contributed by atoms with van der Waals surface area (Å²) in [5.74, 6) is 5.00. The molecular formula is C27H39O2Si. The third-order valence-corrected chi connectivity index (χ3v) is 9.12. The van der Waals surface area contributed by atoms with Crippen LogP contribution in [0.15, 0.2) is 24.3 Å². The lowest BCUT2D eigenvalue weighted by Crippen LogP contribution is -2.30. The molecule has 3 aliphatic rings. The molecule has 0 aromatic heterocycles. The SMILES string of the molecule is CC1CCC(c2ccc(OC(=O)C3CCC(C4CCC(C[Si])CC4)CC3)cc2)CC1. The van der Waals surface area contributed by atoms with Crippen LogP contribution in [0.1, 0.15) is 95.5 Å². The fourth-order valence-corrected chi connectivity index (χ4v) is 6.70. The molecular weight excluding hydrogens is 384 g/mol. The molecule has 0 saturated heterocycles. The zero-order chi connectivity index (χ0) is 20.9. The molecule has 0 atom stereocenters. The highest BCUT2D eigenvalue weighted by Gasteiger charge is 2.33. The number of hydrogen-bond acceptors (Lipinski definition) is 2. The van der Waals surface area contributed by atoms with Gasteiger partial charge in [0.05, 0.1) is 5.92 Å². The van der Waals surface area contributed by atoms with Crippen LogP contribution < -0.4 is 4.74 Å². The Balaban J connectivity index is 1.22. The van der Waals surface area contributed by atoms with Gasteiger partial charge in [0, 0.05) is 10.2 Å². The van der Waals surface area contributed by atoms with Gasteiger partial charge in [-0.3, -0.25) is 4.79 Å². The van der Waals surface area contributed by atoms with Gasteiger partial charge < -0.3 is 4.74 Å². The van der Waals surface area contributed by atoms with Crippen molar-refractivity contribution >= 4 is 16.2 Å². The maximum Gasteiger partial charge on any atom is 0.314 e. The van der Waals surface area contributed by atoms with Crippen molar-refractivity contribution in [1.29, 1.82) is 0 Å². The van der Waals surface area contributed by atoms with Crippen molar-refractivity contribution in [2.24, 2.45) is 29.6 Å². The summed E-state index contributed by atoms with van der Waals surface area (Å²) < 4.78 is 5.78. The highest BCUT2D eigenvalue weighted by atomic mass is 28.1. The summed E-state index contributed by atoms with van der Waals surface area (Å²) in [7, 11) is 3.70. The lowest BCUT2D eigenvalue weighted by atomic mass is 9.69. The van der Waals surface area contributed by atoms with E-state index in [-0.39, 0.29) is 11.9 Å². The Labute approximate surface area is 187 Å². The molecule has 0 N–H and O–H groups in total. The first-order valence-corrected chi connectivity index (χ1v) is 13.3. The fourth-order valence-electron chi connectivity index (χ4n) is 6.29. The number of carbonyl (C=O) groups excluding carboxylic acids is 1.